The maximum absolute atomic E-state index is 12.5. The van der Waals surface area contributed by atoms with Gasteiger partial charge in [0.1, 0.15) is 0 Å². The van der Waals surface area contributed by atoms with Crippen LogP contribution < -0.4 is 0 Å². The lowest BCUT2D eigenvalue weighted by Gasteiger charge is -2.25. The number of carbonyl (C=O) groups is 1. The molecule has 0 spiro atoms. The van der Waals surface area contributed by atoms with E-state index in [-0.39, 0.29) is 11.9 Å². The first-order valence-corrected chi connectivity index (χ1v) is 8.66. The van der Waals surface area contributed by atoms with Crippen molar-refractivity contribution in [1.29, 1.82) is 0 Å². The van der Waals surface area contributed by atoms with Gasteiger partial charge in [0.2, 0.25) is 17.6 Å². The molecule has 1 amide bonds. The van der Waals surface area contributed by atoms with Gasteiger partial charge >= 0.3 is 0 Å². The fourth-order valence-electron chi connectivity index (χ4n) is 2.55. The monoisotopic (exact) mass is 370 g/mol. The van der Waals surface area contributed by atoms with Crippen molar-refractivity contribution < 1.29 is 9.32 Å². The highest BCUT2D eigenvalue weighted by Crippen LogP contribution is 2.22. The van der Waals surface area contributed by atoms with Crippen LogP contribution in [-0.2, 0) is 11.2 Å². The maximum atomic E-state index is 12.5. The van der Waals surface area contributed by atoms with E-state index in [9.17, 15) is 4.79 Å². The zero-order chi connectivity index (χ0) is 18.5. The van der Waals surface area contributed by atoms with Crippen molar-refractivity contribution in [3.63, 3.8) is 0 Å². The van der Waals surface area contributed by atoms with E-state index in [0.29, 0.717) is 29.6 Å². The summed E-state index contributed by atoms with van der Waals surface area (Å²) in [6.45, 7) is 1.98. The topological polar surface area (TPSA) is 72.1 Å². The van der Waals surface area contributed by atoms with Crippen molar-refractivity contribution in [2.75, 3.05) is 7.05 Å². The highest BCUT2D eigenvalue weighted by atomic mass is 35.5. The molecule has 26 heavy (non-hydrogen) atoms. The van der Waals surface area contributed by atoms with Gasteiger partial charge in [-0.2, -0.15) is 4.98 Å². The molecule has 0 fully saturated rings. The number of hydrogen-bond acceptors (Lipinski definition) is 5. The molecule has 0 aliphatic carbocycles. The number of carbonyl (C=O) groups excluding carboxylic acids is 1. The van der Waals surface area contributed by atoms with Crippen molar-refractivity contribution in [2.24, 2.45) is 0 Å². The van der Waals surface area contributed by atoms with Gasteiger partial charge in [0.25, 0.3) is 0 Å². The molecule has 0 N–H and O–H groups in total. The molecule has 1 aromatic carbocycles. The summed E-state index contributed by atoms with van der Waals surface area (Å²) in [5.74, 6) is 0.951. The summed E-state index contributed by atoms with van der Waals surface area (Å²) in [6, 6.07) is 11.1. The summed E-state index contributed by atoms with van der Waals surface area (Å²) in [5.41, 5.74) is 1.86. The zero-order valence-electron chi connectivity index (χ0n) is 14.6. The third-order valence-electron chi connectivity index (χ3n) is 4.29. The molecule has 134 valence electrons. The smallest absolute Gasteiger partial charge is 0.227 e. The van der Waals surface area contributed by atoms with Crippen LogP contribution in [0, 0.1) is 0 Å². The van der Waals surface area contributed by atoms with Crippen molar-refractivity contribution in [3.05, 3.63) is 65.3 Å². The minimum absolute atomic E-state index is 0.0103. The first kappa shape index (κ1) is 18.1. The Kier molecular flexibility index (Phi) is 5.63. The van der Waals surface area contributed by atoms with E-state index in [0.717, 1.165) is 11.1 Å². The van der Waals surface area contributed by atoms with E-state index in [4.69, 9.17) is 16.1 Å². The van der Waals surface area contributed by atoms with Crippen molar-refractivity contribution >= 4 is 17.5 Å². The Morgan fingerprint density at radius 3 is 2.58 bits per heavy atom. The van der Waals surface area contributed by atoms with Crippen LogP contribution in [0.4, 0.5) is 0 Å². The average molecular weight is 371 g/mol. The summed E-state index contributed by atoms with van der Waals surface area (Å²) in [5, 5.41) is 4.63. The van der Waals surface area contributed by atoms with Gasteiger partial charge in [0, 0.05) is 42.9 Å². The molecule has 0 saturated heterocycles. The number of nitrogens with zero attached hydrogens (tertiary/aromatic N) is 4. The van der Waals surface area contributed by atoms with E-state index in [2.05, 4.69) is 15.1 Å². The van der Waals surface area contributed by atoms with Crippen LogP contribution in [0.3, 0.4) is 0 Å². The van der Waals surface area contributed by atoms with E-state index in [1.807, 2.05) is 31.2 Å². The predicted octanol–water partition coefficient (Wildman–Crippen LogP) is 3.94. The van der Waals surface area contributed by atoms with Gasteiger partial charge in [0.15, 0.2) is 0 Å². The molecule has 0 aliphatic rings. The number of amides is 1. The van der Waals surface area contributed by atoms with Crippen LogP contribution in [0.2, 0.25) is 5.02 Å². The minimum atomic E-state index is -0.0465. The Balaban J connectivity index is 1.58. The second-order valence-electron chi connectivity index (χ2n) is 5.98. The number of halogens is 1. The first-order chi connectivity index (χ1) is 12.5. The van der Waals surface area contributed by atoms with Crippen LogP contribution in [0.25, 0.3) is 11.4 Å². The Hall–Kier alpha value is -2.73. The highest BCUT2D eigenvalue weighted by molar-refractivity contribution is 6.30. The van der Waals surface area contributed by atoms with Gasteiger partial charge in [-0.1, -0.05) is 28.9 Å². The third-order valence-corrected chi connectivity index (χ3v) is 4.54. The van der Waals surface area contributed by atoms with Crippen molar-refractivity contribution in [1.82, 2.24) is 20.0 Å². The molecule has 7 heteroatoms. The highest BCUT2D eigenvalue weighted by Gasteiger charge is 2.18. The number of rotatable bonds is 6. The second kappa shape index (κ2) is 8.10. The largest absolute Gasteiger partial charge is 0.339 e. The second-order valence-corrected chi connectivity index (χ2v) is 6.42. The zero-order valence-corrected chi connectivity index (χ0v) is 15.3. The number of pyridine rings is 1. The number of aromatic nitrogens is 3. The van der Waals surface area contributed by atoms with Crippen LogP contribution in [0.1, 0.15) is 30.8 Å². The molecule has 1 unspecified atom stereocenters. The Morgan fingerprint density at radius 2 is 1.88 bits per heavy atom. The van der Waals surface area contributed by atoms with E-state index in [1.165, 1.54) is 0 Å². The molecular weight excluding hydrogens is 352 g/mol. The first-order valence-electron chi connectivity index (χ1n) is 8.28. The standard InChI is InChI=1S/C19H19ClN4O2/c1-13(14-3-5-16(20)6-4-14)24(2)18(25)8-7-17-22-19(23-26-17)15-9-11-21-12-10-15/h3-6,9-13H,7-8H2,1-2H3. The van der Waals surface area contributed by atoms with Crippen molar-refractivity contribution in [3.8, 4) is 11.4 Å². The summed E-state index contributed by atoms with van der Waals surface area (Å²) < 4.78 is 5.24. The molecule has 3 rings (SSSR count). The summed E-state index contributed by atoms with van der Waals surface area (Å²) in [6.07, 6.45) is 4.03. The third kappa shape index (κ3) is 4.26. The minimum Gasteiger partial charge on any atom is -0.339 e. The van der Waals surface area contributed by atoms with Crippen LogP contribution in [0.15, 0.2) is 53.3 Å². The van der Waals surface area contributed by atoms with E-state index in [1.54, 1.807) is 36.5 Å². The quantitative estimate of drug-likeness (QED) is 0.657. The average Bonchev–Trinajstić information content (AvgIpc) is 3.15. The van der Waals surface area contributed by atoms with Crippen LogP contribution in [0.5, 0.6) is 0 Å². The van der Waals surface area contributed by atoms with E-state index >= 15 is 0 Å². The number of hydrogen-bond donors (Lipinski definition) is 0. The molecule has 3 aromatic rings. The maximum Gasteiger partial charge on any atom is 0.227 e. The summed E-state index contributed by atoms with van der Waals surface area (Å²) >= 11 is 5.91. The molecule has 0 saturated carbocycles. The summed E-state index contributed by atoms with van der Waals surface area (Å²) in [7, 11) is 1.79. The molecular formula is C19H19ClN4O2. The lowest BCUT2D eigenvalue weighted by atomic mass is 10.1. The number of benzene rings is 1. The molecule has 1 atom stereocenters. The molecule has 2 heterocycles. The predicted molar refractivity (Wildman–Crippen MR) is 98.5 cm³/mol. The number of aryl methyl sites for hydroxylation is 1. The van der Waals surface area contributed by atoms with Gasteiger partial charge in [-0.15, -0.1) is 0 Å². The Bertz CT molecular complexity index is 865. The Labute approximate surface area is 156 Å². The lowest BCUT2D eigenvalue weighted by molar-refractivity contribution is -0.131. The van der Waals surface area contributed by atoms with Gasteiger partial charge in [-0.05, 0) is 36.8 Å². The van der Waals surface area contributed by atoms with E-state index < -0.39 is 0 Å². The Morgan fingerprint density at radius 1 is 1.19 bits per heavy atom. The molecule has 0 bridgehead atoms. The molecule has 0 radical (unpaired) electrons. The lowest BCUT2D eigenvalue weighted by Crippen LogP contribution is -2.29. The fraction of sp³-hybridized carbons (Fsp3) is 0.263. The fourth-order valence-corrected chi connectivity index (χ4v) is 2.67. The molecule has 2 aromatic heterocycles. The molecule has 6 nitrogen and oxygen atoms in total. The normalized spacial score (nSPS) is 12.0. The molecule has 0 aliphatic heterocycles. The van der Waals surface area contributed by atoms with Gasteiger partial charge in [-0.25, -0.2) is 0 Å². The van der Waals surface area contributed by atoms with Gasteiger partial charge in [-0.3, -0.25) is 9.78 Å². The van der Waals surface area contributed by atoms with Crippen LogP contribution >= 0.6 is 11.6 Å². The SMILES string of the molecule is CC(c1ccc(Cl)cc1)N(C)C(=O)CCc1nc(-c2ccncc2)no1. The van der Waals surface area contributed by atoms with Crippen LogP contribution in [-0.4, -0.2) is 33.0 Å². The van der Waals surface area contributed by atoms with Gasteiger partial charge in [0.05, 0.1) is 6.04 Å². The van der Waals surface area contributed by atoms with Crippen molar-refractivity contribution in [2.45, 2.75) is 25.8 Å². The van der Waals surface area contributed by atoms with Gasteiger partial charge < -0.3 is 9.42 Å². The summed E-state index contributed by atoms with van der Waals surface area (Å²) in [4.78, 5) is 22.5.